The Kier molecular flexibility index (Phi) is 5.82. The van der Waals surface area contributed by atoms with Gasteiger partial charge in [0.1, 0.15) is 0 Å². The summed E-state index contributed by atoms with van der Waals surface area (Å²) in [6.45, 7) is 2.66. The number of carbonyl (C=O) groups is 1. The van der Waals surface area contributed by atoms with E-state index in [-0.39, 0.29) is 24.0 Å². The van der Waals surface area contributed by atoms with E-state index in [2.05, 4.69) is 5.32 Å². The monoisotopic (exact) mass is 389 g/mol. The molecular weight excluding hydrogens is 365 g/mol. The number of hydrogen-bond acceptors (Lipinski definition) is 4. The number of rotatable bonds is 6. The van der Waals surface area contributed by atoms with Crippen LogP contribution >= 0.6 is 7.37 Å². The highest BCUT2D eigenvalue weighted by Crippen LogP contribution is 2.45. The Morgan fingerprint density at radius 1 is 1.26 bits per heavy atom. The molecular formula is C20H24NO5P. The molecule has 1 fully saturated rings. The SMILES string of the molecule is CC1(c2cccc(C(=O)O)c2)COC(CP(=O)(O)Cc2ccccc2)CN1. The Morgan fingerprint density at radius 2 is 2.00 bits per heavy atom. The lowest BCUT2D eigenvalue weighted by molar-refractivity contribution is -0.0187. The van der Waals surface area contributed by atoms with E-state index in [1.165, 1.54) is 0 Å². The highest BCUT2D eigenvalue weighted by Gasteiger charge is 2.36. The normalized spacial score (nSPS) is 24.9. The summed E-state index contributed by atoms with van der Waals surface area (Å²) in [7, 11) is -3.36. The van der Waals surface area contributed by atoms with Crippen molar-refractivity contribution in [2.45, 2.75) is 24.7 Å². The van der Waals surface area contributed by atoms with Gasteiger partial charge in [-0.15, -0.1) is 0 Å². The number of carboxylic acids is 1. The van der Waals surface area contributed by atoms with Crippen LogP contribution in [0.3, 0.4) is 0 Å². The molecule has 1 heterocycles. The van der Waals surface area contributed by atoms with Crippen LogP contribution in [-0.4, -0.2) is 41.4 Å². The Balaban J connectivity index is 1.62. The molecule has 2 aromatic rings. The van der Waals surface area contributed by atoms with Gasteiger partial charge in [-0.2, -0.15) is 0 Å². The second-order valence-corrected chi connectivity index (χ2v) is 9.58. The van der Waals surface area contributed by atoms with E-state index in [1.54, 1.807) is 18.2 Å². The molecule has 7 heteroatoms. The fourth-order valence-electron chi connectivity index (χ4n) is 3.28. The fraction of sp³-hybridized carbons (Fsp3) is 0.350. The van der Waals surface area contributed by atoms with Crippen molar-refractivity contribution < 1.29 is 24.1 Å². The Morgan fingerprint density at radius 3 is 2.63 bits per heavy atom. The van der Waals surface area contributed by atoms with E-state index in [1.807, 2.05) is 43.3 Å². The lowest BCUT2D eigenvalue weighted by Crippen LogP contribution is -2.53. The van der Waals surface area contributed by atoms with Gasteiger partial charge in [0.2, 0.25) is 7.37 Å². The van der Waals surface area contributed by atoms with Crippen molar-refractivity contribution in [3.63, 3.8) is 0 Å². The van der Waals surface area contributed by atoms with Crippen LogP contribution < -0.4 is 5.32 Å². The van der Waals surface area contributed by atoms with Crippen LogP contribution in [0.4, 0.5) is 0 Å². The topological polar surface area (TPSA) is 95.9 Å². The lowest BCUT2D eigenvalue weighted by Gasteiger charge is -2.39. The maximum atomic E-state index is 12.6. The first kappa shape index (κ1) is 19.8. The van der Waals surface area contributed by atoms with Crippen LogP contribution in [0.15, 0.2) is 54.6 Å². The second-order valence-electron chi connectivity index (χ2n) is 7.20. The summed E-state index contributed by atoms with van der Waals surface area (Å²) < 4.78 is 18.5. The summed E-state index contributed by atoms with van der Waals surface area (Å²) >= 11 is 0. The molecule has 0 amide bonds. The minimum Gasteiger partial charge on any atom is -0.478 e. The Hall–Kier alpha value is -1.98. The molecule has 1 saturated heterocycles. The number of morpholine rings is 1. The van der Waals surface area contributed by atoms with E-state index in [0.29, 0.717) is 13.2 Å². The maximum Gasteiger partial charge on any atom is 0.335 e. The smallest absolute Gasteiger partial charge is 0.335 e. The van der Waals surface area contributed by atoms with Gasteiger partial charge < -0.3 is 20.1 Å². The van der Waals surface area contributed by atoms with E-state index >= 15 is 0 Å². The van der Waals surface area contributed by atoms with Gasteiger partial charge in [0.05, 0.1) is 30.0 Å². The first-order valence-electron chi connectivity index (χ1n) is 8.83. The molecule has 0 bridgehead atoms. The highest BCUT2D eigenvalue weighted by atomic mass is 31.2. The molecule has 3 unspecified atom stereocenters. The van der Waals surface area contributed by atoms with Crippen LogP contribution in [0.25, 0.3) is 0 Å². The molecule has 1 aliphatic heterocycles. The Bertz CT molecular complexity index is 846. The molecule has 6 nitrogen and oxygen atoms in total. The van der Waals surface area contributed by atoms with Crippen LogP contribution in [0.5, 0.6) is 0 Å². The summed E-state index contributed by atoms with van der Waals surface area (Å²) in [6.07, 6.45) is -0.147. The summed E-state index contributed by atoms with van der Waals surface area (Å²) in [4.78, 5) is 21.5. The maximum absolute atomic E-state index is 12.6. The van der Waals surface area contributed by atoms with Crippen LogP contribution in [0, 0.1) is 0 Å². The van der Waals surface area contributed by atoms with E-state index in [4.69, 9.17) is 4.74 Å². The molecule has 27 heavy (non-hydrogen) atoms. The Labute approximate surface area is 158 Å². The molecule has 3 N–H and O–H groups in total. The van der Waals surface area contributed by atoms with Gasteiger partial charge in [-0.25, -0.2) is 4.79 Å². The van der Waals surface area contributed by atoms with Crippen LogP contribution in [-0.2, 0) is 21.0 Å². The van der Waals surface area contributed by atoms with Crippen molar-refractivity contribution in [2.75, 3.05) is 19.3 Å². The molecule has 0 aromatic heterocycles. The standard InChI is InChI=1S/C20H24NO5P/c1-20(17-9-5-8-16(10-17)19(22)23)14-26-18(11-21-20)13-27(24,25)12-15-6-3-2-4-7-15/h2-10,18,21H,11-14H2,1H3,(H,22,23)(H,24,25). The summed E-state index contributed by atoms with van der Waals surface area (Å²) in [5.41, 5.74) is 1.33. The number of nitrogens with one attached hydrogen (secondary N) is 1. The minimum atomic E-state index is -3.36. The van der Waals surface area contributed by atoms with Crippen LogP contribution in [0.1, 0.15) is 28.4 Å². The van der Waals surface area contributed by atoms with Gasteiger partial charge in [0, 0.05) is 12.7 Å². The number of aromatic carboxylic acids is 1. The van der Waals surface area contributed by atoms with Crippen molar-refractivity contribution in [3.05, 3.63) is 71.3 Å². The predicted molar refractivity (Wildman–Crippen MR) is 103 cm³/mol. The third-order valence-electron chi connectivity index (χ3n) is 4.84. The zero-order valence-corrected chi connectivity index (χ0v) is 16.1. The van der Waals surface area contributed by atoms with Crippen molar-refractivity contribution >= 4 is 13.3 Å². The predicted octanol–water partition coefficient (Wildman–Crippen LogP) is 3.06. The zero-order valence-electron chi connectivity index (χ0n) is 15.2. The highest BCUT2D eigenvalue weighted by molar-refractivity contribution is 7.57. The quantitative estimate of drug-likeness (QED) is 0.657. The summed E-state index contributed by atoms with van der Waals surface area (Å²) in [5, 5.41) is 12.5. The molecule has 0 aliphatic carbocycles. The van der Waals surface area contributed by atoms with Gasteiger partial charge in [0.15, 0.2) is 0 Å². The molecule has 144 valence electrons. The first-order valence-corrected chi connectivity index (χ1v) is 10.9. The van der Waals surface area contributed by atoms with Crippen molar-refractivity contribution in [1.82, 2.24) is 5.32 Å². The van der Waals surface area contributed by atoms with Crippen LogP contribution in [0.2, 0.25) is 0 Å². The average molecular weight is 389 g/mol. The average Bonchev–Trinajstić information content (AvgIpc) is 2.64. The summed E-state index contributed by atoms with van der Waals surface area (Å²) in [5.74, 6) is -0.975. The van der Waals surface area contributed by atoms with Crippen molar-refractivity contribution in [1.29, 1.82) is 0 Å². The van der Waals surface area contributed by atoms with Gasteiger partial charge in [-0.05, 0) is 30.2 Å². The molecule has 3 atom stereocenters. The molecule has 0 spiro atoms. The second kappa shape index (κ2) is 7.95. The van der Waals surface area contributed by atoms with Gasteiger partial charge >= 0.3 is 5.97 Å². The third kappa shape index (κ3) is 5.05. The van der Waals surface area contributed by atoms with E-state index in [0.717, 1.165) is 11.1 Å². The van der Waals surface area contributed by atoms with Crippen molar-refractivity contribution in [2.24, 2.45) is 0 Å². The zero-order chi connectivity index (χ0) is 19.5. The summed E-state index contributed by atoms with van der Waals surface area (Å²) in [6, 6.07) is 16.0. The van der Waals surface area contributed by atoms with E-state index in [9.17, 15) is 19.4 Å². The molecule has 3 rings (SSSR count). The number of hydrogen-bond donors (Lipinski definition) is 3. The molecule has 0 saturated carbocycles. The minimum absolute atomic E-state index is 0.0835. The van der Waals surface area contributed by atoms with Gasteiger partial charge in [-0.1, -0.05) is 42.5 Å². The fourth-order valence-corrected chi connectivity index (χ4v) is 5.06. The number of ether oxygens (including phenoxy) is 1. The van der Waals surface area contributed by atoms with Gasteiger partial charge in [-0.3, -0.25) is 4.57 Å². The number of benzene rings is 2. The molecule has 0 radical (unpaired) electrons. The number of carboxylic acid groups (broad SMARTS) is 1. The lowest BCUT2D eigenvalue weighted by atomic mass is 9.90. The molecule has 1 aliphatic rings. The third-order valence-corrected chi connectivity index (χ3v) is 6.67. The largest absolute Gasteiger partial charge is 0.478 e. The van der Waals surface area contributed by atoms with Crippen molar-refractivity contribution in [3.8, 4) is 0 Å². The van der Waals surface area contributed by atoms with E-state index < -0.39 is 18.9 Å². The van der Waals surface area contributed by atoms with Gasteiger partial charge in [0.25, 0.3) is 0 Å². The molecule has 2 aromatic carbocycles. The first-order chi connectivity index (χ1) is 12.8.